The van der Waals surface area contributed by atoms with E-state index in [0.717, 1.165) is 39.0 Å². The van der Waals surface area contributed by atoms with E-state index < -0.39 is 0 Å². The third-order valence-corrected chi connectivity index (χ3v) is 4.86. The number of likely N-dealkylation sites (tertiary alicyclic amines) is 2. The van der Waals surface area contributed by atoms with Crippen LogP contribution in [-0.2, 0) is 4.79 Å². The summed E-state index contributed by atoms with van der Waals surface area (Å²) in [6.45, 7) is 9.01. The van der Waals surface area contributed by atoms with Crippen LogP contribution in [0.25, 0.3) is 0 Å². The predicted molar refractivity (Wildman–Crippen MR) is 81.5 cm³/mol. The fourth-order valence-electron chi connectivity index (χ4n) is 3.13. The van der Waals surface area contributed by atoms with Gasteiger partial charge >= 0.3 is 0 Å². The molecule has 20 heavy (non-hydrogen) atoms. The van der Waals surface area contributed by atoms with Crippen molar-refractivity contribution in [2.75, 3.05) is 39.8 Å². The van der Waals surface area contributed by atoms with Crippen molar-refractivity contribution >= 4 is 5.91 Å². The monoisotopic (exact) mass is 282 g/mol. The van der Waals surface area contributed by atoms with Crippen LogP contribution in [0.5, 0.6) is 0 Å². The molecule has 2 heterocycles. The van der Waals surface area contributed by atoms with Gasteiger partial charge in [-0.25, -0.2) is 0 Å². The molecule has 2 rings (SSSR count). The van der Waals surface area contributed by atoms with Gasteiger partial charge in [-0.3, -0.25) is 14.6 Å². The maximum Gasteiger partial charge on any atom is 0.236 e. The van der Waals surface area contributed by atoms with Crippen molar-refractivity contribution in [2.45, 2.75) is 51.2 Å². The molecule has 2 fully saturated rings. The van der Waals surface area contributed by atoms with E-state index in [1.165, 1.54) is 6.42 Å². The molecular formula is C15H30N4O. The molecule has 1 amide bonds. The fraction of sp³-hybridized carbons (Fsp3) is 0.933. The van der Waals surface area contributed by atoms with Crippen molar-refractivity contribution in [3.8, 4) is 0 Å². The van der Waals surface area contributed by atoms with Crippen molar-refractivity contribution in [3.05, 3.63) is 0 Å². The molecule has 5 heteroatoms. The normalized spacial score (nSPS) is 26.4. The summed E-state index contributed by atoms with van der Waals surface area (Å²) in [6, 6.07) is 1.30. The molecular weight excluding hydrogens is 252 g/mol. The van der Waals surface area contributed by atoms with Crippen LogP contribution >= 0.6 is 0 Å². The van der Waals surface area contributed by atoms with Gasteiger partial charge in [0.1, 0.15) is 0 Å². The summed E-state index contributed by atoms with van der Waals surface area (Å²) in [5.41, 5.74) is 5.96. The Labute approximate surface area is 123 Å². The van der Waals surface area contributed by atoms with E-state index in [4.69, 9.17) is 5.73 Å². The van der Waals surface area contributed by atoms with Crippen molar-refractivity contribution in [2.24, 2.45) is 5.73 Å². The third kappa shape index (κ3) is 3.93. The van der Waals surface area contributed by atoms with E-state index in [1.807, 2.05) is 11.9 Å². The Hall–Kier alpha value is -0.650. The van der Waals surface area contributed by atoms with E-state index in [1.54, 1.807) is 0 Å². The maximum absolute atomic E-state index is 12.1. The van der Waals surface area contributed by atoms with E-state index in [0.29, 0.717) is 18.6 Å². The van der Waals surface area contributed by atoms with Gasteiger partial charge in [-0.2, -0.15) is 0 Å². The SMILES string of the molecule is CC(C)N(C)C(=O)CN1CCC(N2CCC(N)CC2)C1. The highest BCUT2D eigenvalue weighted by molar-refractivity contribution is 5.78. The highest BCUT2D eigenvalue weighted by atomic mass is 16.2. The summed E-state index contributed by atoms with van der Waals surface area (Å²) in [5.74, 6) is 0.237. The van der Waals surface area contributed by atoms with Crippen LogP contribution in [0.2, 0.25) is 0 Å². The van der Waals surface area contributed by atoms with Crippen LogP contribution < -0.4 is 5.73 Å². The van der Waals surface area contributed by atoms with Gasteiger partial charge in [0.05, 0.1) is 6.54 Å². The topological polar surface area (TPSA) is 52.8 Å². The standard InChI is InChI=1S/C15H30N4O/c1-12(2)17(3)15(20)11-18-7-6-14(10-18)19-8-4-13(16)5-9-19/h12-14H,4-11,16H2,1-3H3. The van der Waals surface area contributed by atoms with Crippen LogP contribution in [0.1, 0.15) is 33.1 Å². The number of hydrogen-bond donors (Lipinski definition) is 1. The largest absolute Gasteiger partial charge is 0.342 e. The number of carbonyl (C=O) groups is 1. The summed E-state index contributed by atoms with van der Waals surface area (Å²) < 4.78 is 0. The lowest BCUT2D eigenvalue weighted by Crippen LogP contribution is -2.46. The maximum atomic E-state index is 12.1. The van der Waals surface area contributed by atoms with Gasteiger partial charge in [0, 0.05) is 38.3 Å². The van der Waals surface area contributed by atoms with Crippen LogP contribution in [0.15, 0.2) is 0 Å². The van der Waals surface area contributed by atoms with E-state index in [2.05, 4.69) is 23.6 Å². The fourth-order valence-corrected chi connectivity index (χ4v) is 3.13. The molecule has 2 N–H and O–H groups in total. The zero-order valence-corrected chi connectivity index (χ0v) is 13.2. The number of amides is 1. The second-order valence-electron chi connectivity index (χ2n) is 6.65. The highest BCUT2D eigenvalue weighted by Crippen LogP contribution is 2.19. The molecule has 0 bridgehead atoms. The molecule has 2 aliphatic rings. The lowest BCUT2D eigenvalue weighted by atomic mass is 10.0. The average Bonchev–Trinajstić information content (AvgIpc) is 2.87. The molecule has 1 atom stereocenters. The number of likely N-dealkylation sites (N-methyl/N-ethyl adjacent to an activating group) is 1. The summed E-state index contributed by atoms with van der Waals surface area (Å²) in [4.78, 5) is 18.8. The Bertz CT molecular complexity index is 326. The molecule has 0 aromatic carbocycles. The molecule has 0 aromatic rings. The molecule has 2 saturated heterocycles. The van der Waals surface area contributed by atoms with Gasteiger partial charge in [0.2, 0.25) is 5.91 Å². The number of nitrogens with two attached hydrogens (primary N) is 1. The summed E-state index contributed by atoms with van der Waals surface area (Å²) >= 11 is 0. The number of nitrogens with zero attached hydrogens (tertiary/aromatic N) is 3. The zero-order chi connectivity index (χ0) is 14.7. The summed E-state index contributed by atoms with van der Waals surface area (Å²) in [7, 11) is 1.90. The first kappa shape index (κ1) is 15.7. The number of piperidine rings is 1. The minimum atomic E-state index is 0.237. The molecule has 0 saturated carbocycles. The lowest BCUT2D eigenvalue weighted by Gasteiger charge is -2.34. The van der Waals surface area contributed by atoms with Crippen molar-refractivity contribution in [1.29, 1.82) is 0 Å². The Kier molecular flexibility index (Phi) is 5.41. The van der Waals surface area contributed by atoms with Gasteiger partial charge in [-0.1, -0.05) is 0 Å². The summed E-state index contributed by atoms with van der Waals surface area (Å²) in [5, 5.41) is 0. The Morgan fingerprint density at radius 1 is 1.25 bits per heavy atom. The smallest absolute Gasteiger partial charge is 0.236 e. The molecule has 0 radical (unpaired) electrons. The Morgan fingerprint density at radius 2 is 1.90 bits per heavy atom. The number of carbonyl (C=O) groups excluding carboxylic acids is 1. The van der Waals surface area contributed by atoms with Crippen molar-refractivity contribution < 1.29 is 4.79 Å². The van der Waals surface area contributed by atoms with Gasteiger partial charge in [-0.05, 0) is 46.2 Å². The first-order valence-electron chi connectivity index (χ1n) is 7.95. The molecule has 0 aliphatic carbocycles. The van der Waals surface area contributed by atoms with E-state index in [-0.39, 0.29) is 11.9 Å². The van der Waals surface area contributed by atoms with Gasteiger partial charge in [0.25, 0.3) is 0 Å². The lowest BCUT2D eigenvalue weighted by molar-refractivity contribution is -0.132. The van der Waals surface area contributed by atoms with Crippen LogP contribution in [0, 0.1) is 0 Å². The second kappa shape index (κ2) is 6.87. The summed E-state index contributed by atoms with van der Waals surface area (Å²) in [6.07, 6.45) is 3.42. The molecule has 116 valence electrons. The molecule has 0 aromatic heterocycles. The molecule has 5 nitrogen and oxygen atoms in total. The molecule has 0 spiro atoms. The third-order valence-electron chi connectivity index (χ3n) is 4.86. The second-order valence-corrected chi connectivity index (χ2v) is 6.65. The minimum absolute atomic E-state index is 0.237. The van der Waals surface area contributed by atoms with Gasteiger partial charge < -0.3 is 10.6 Å². The van der Waals surface area contributed by atoms with E-state index >= 15 is 0 Å². The Morgan fingerprint density at radius 3 is 2.50 bits per heavy atom. The van der Waals surface area contributed by atoms with Crippen LogP contribution in [0.3, 0.4) is 0 Å². The minimum Gasteiger partial charge on any atom is -0.342 e. The predicted octanol–water partition coefficient (Wildman–Crippen LogP) is 0.351. The number of hydrogen-bond acceptors (Lipinski definition) is 4. The quantitative estimate of drug-likeness (QED) is 0.808. The van der Waals surface area contributed by atoms with Crippen molar-refractivity contribution in [1.82, 2.24) is 14.7 Å². The van der Waals surface area contributed by atoms with E-state index in [9.17, 15) is 4.79 Å². The average molecular weight is 282 g/mol. The zero-order valence-electron chi connectivity index (χ0n) is 13.2. The van der Waals surface area contributed by atoms with Crippen LogP contribution in [0.4, 0.5) is 0 Å². The van der Waals surface area contributed by atoms with Gasteiger partial charge in [-0.15, -0.1) is 0 Å². The highest BCUT2D eigenvalue weighted by Gasteiger charge is 2.31. The van der Waals surface area contributed by atoms with Gasteiger partial charge in [0.15, 0.2) is 0 Å². The molecule has 1 unspecified atom stereocenters. The van der Waals surface area contributed by atoms with Crippen LogP contribution in [-0.4, -0.2) is 78.5 Å². The first-order chi connectivity index (χ1) is 9.47. The van der Waals surface area contributed by atoms with Crippen molar-refractivity contribution in [3.63, 3.8) is 0 Å². The first-order valence-corrected chi connectivity index (χ1v) is 7.95. The number of rotatable bonds is 4. The Balaban J connectivity index is 1.76. The molecule has 2 aliphatic heterocycles.